The van der Waals surface area contributed by atoms with Gasteiger partial charge in [0.05, 0.1) is 18.1 Å². The third-order valence-corrected chi connectivity index (χ3v) is 5.00. The molecule has 5 nitrogen and oxygen atoms in total. The standard InChI is InChI=1S/C18H22ClN3O2/c1-22-12-13(16(21-22)24-2)11-20-17(23)18(8-3-4-9-18)14-6-5-7-15(19)10-14/h5-7,10,12H,3-4,8-9,11H2,1-2H3,(H,20,23). The highest BCUT2D eigenvalue weighted by molar-refractivity contribution is 6.30. The molecule has 1 N–H and O–H groups in total. The summed E-state index contributed by atoms with van der Waals surface area (Å²) in [6.07, 6.45) is 5.67. The first kappa shape index (κ1) is 16.8. The van der Waals surface area contributed by atoms with Crippen LogP contribution in [-0.4, -0.2) is 22.8 Å². The number of methoxy groups -OCH3 is 1. The Kier molecular flexibility index (Phi) is 4.81. The number of aryl methyl sites for hydroxylation is 1. The molecule has 1 saturated carbocycles. The SMILES string of the molecule is COc1nn(C)cc1CNC(=O)C1(c2cccc(Cl)c2)CCCC1. The Bertz CT molecular complexity index is 736. The Morgan fingerprint density at radius 3 is 2.83 bits per heavy atom. The zero-order valence-corrected chi connectivity index (χ0v) is 14.8. The van der Waals surface area contributed by atoms with Crippen LogP contribution in [0.15, 0.2) is 30.5 Å². The predicted octanol–water partition coefficient (Wildman–Crippen LogP) is 3.21. The zero-order chi connectivity index (χ0) is 17.2. The number of hydrogen-bond acceptors (Lipinski definition) is 3. The van der Waals surface area contributed by atoms with Gasteiger partial charge in [-0.1, -0.05) is 36.6 Å². The minimum Gasteiger partial charge on any atom is -0.480 e. The van der Waals surface area contributed by atoms with Gasteiger partial charge in [-0.15, -0.1) is 5.10 Å². The molecule has 1 aromatic carbocycles. The van der Waals surface area contributed by atoms with Gasteiger partial charge in [-0.25, -0.2) is 0 Å². The molecule has 3 rings (SSSR count). The Labute approximate surface area is 147 Å². The minimum atomic E-state index is -0.486. The second-order valence-corrected chi connectivity index (χ2v) is 6.76. The first-order chi connectivity index (χ1) is 11.5. The molecule has 6 heteroatoms. The van der Waals surface area contributed by atoms with Crippen LogP contribution in [0.4, 0.5) is 0 Å². The van der Waals surface area contributed by atoms with Crippen molar-refractivity contribution in [1.82, 2.24) is 15.1 Å². The Morgan fingerprint density at radius 2 is 2.17 bits per heavy atom. The molecular weight excluding hydrogens is 326 g/mol. The van der Waals surface area contributed by atoms with Crippen molar-refractivity contribution in [3.8, 4) is 5.88 Å². The average Bonchev–Trinajstić information content (AvgIpc) is 3.20. The van der Waals surface area contributed by atoms with E-state index in [1.807, 2.05) is 37.5 Å². The number of amides is 1. The molecule has 1 amide bonds. The van der Waals surface area contributed by atoms with Gasteiger partial charge in [0.2, 0.25) is 11.8 Å². The largest absolute Gasteiger partial charge is 0.480 e. The van der Waals surface area contributed by atoms with E-state index in [0.717, 1.165) is 36.8 Å². The number of hydrogen-bond donors (Lipinski definition) is 1. The van der Waals surface area contributed by atoms with E-state index in [2.05, 4.69) is 10.4 Å². The molecule has 0 spiro atoms. The van der Waals surface area contributed by atoms with Gasteiger partial charge in [0.1, 0.15) is 0 Å². The minimum absolute atomic E-state index is 0.0492. The van der Waals surface area contributed by atoms with E-state index in [1.165, 1.54) is 0 Å². The van der Waals surface area contributed by atoms with E-state index < -0.39 is 5.41 Å². The predicted molar refractivity (Wildman–Crippen MR) is 93.2 cm³/mol. The summed E-state index contributed by atoms with van der Waals surface area (Å²) in [5, 5.41) is 7.96. The van der Waals surface area contributed by atoms with Gasteiger partial charge in [0.25, 0.3) is 0 Å². The second kappa shape index (κ2) is 6.85. The average molecular weight is 348 g/mol. The van der Waals surface area contributed by atoms with Crippen molar-refractivity contribution in [3.05, 3.63) is 46.6 Å². The van der Waals surface area contributed by atoms with Crippen LogP contribution in [-0.2, 0) is 23.8 Å². The summed E-state index contributed by atoms with van der Waals surface area (Å²) in [5.41, 5.74) is 1.39. The zero-order valence-electron chi connectivity index (χ0n) is 14.0. The van der Waals surface area contributed by atoms with Crippen LogP contribution in [0, 0.1) is 0 Å². The molecule has 0 bridgehead atoms. The number of aromatic nitrogens is 2. The molecule has 1 fully saturated rings. The summed E-state index contributed by atoms with van der Waals surface area (Å²) in [4.78, 5) is 13.0. The molecule has 1 heterocycles. The molecular formula is C18H22ClN3O2. The summed E-state index contributed by atoms with van der Waals surface area (Å²) in [5.74, 6) is 0.592. The third-order valence-electron chi connectivity index (χ3n) is 4.77. The van der Waals surface area contributed by atoms with Crippen LogP contribution in [0.5, 0.6) is 5.88 Å². The molecule has 1 aliphatic rings. The van der Waals surface area contributed by atoms with Gasteiger partial charge in [-0.2, -0.15) is 0 Å². The van der Waals surface area contributed by atoms with Gasteiger partial charge in [0.15, 0.2) is 0 Å². The highest BCUT2D eigenvalue weighted by Crippen LogP contribution is 2.42. The second-order valence-electron chi connectivity index (χ2n) is 6.32. The number of carbonyl (C=O) groups excluding carboxylic acids is 1. The van der Waals surface area contributed by atoms with Gasteiger partial charge in [0, 0.05) is 24.8 Å². The summed E-state index contributed by atoms with van der Waals surface area (Å²) in [6.45, 7) is 0.401. The van der Waals surface area contributed by atoms with Crippen LogP contribution >= 0.6 is 11.6 Å². The van der Waals surface area contributed by atoms with Crippen LogP contribution in [0.2, 0.25) is 5.02 Å². The van der Waals surface area contributed by atoms with E-state index in [1.54, 1.807) is 11.8 Å². The smallest absolute Gasteiger partial charge is 0.237 e. The molecule has 0 saturated heterocycles. The molecule has 2 aromatic rings. The number of ether oxygens (including phenoxy) is 1. The van der Waals surface area contributed by atoms with E-state index >= 15 is 0 Å². The fraction of sp³-hybridized carbons (Fsp3) is 0.444. The van der Waals surface area contributed by atoms with Crippen molar-refractivity contribution in [3.63, 3.8) is 0 Å². The van der Waals surface area contributed by atoms with Crippen LogP contribution in [0.1, 0.15) is 36.8 Å². The maximum atomic E-state index is 13.0. The van der Waals surface area contributed by atoms with Crippen molar-refractivity contribution >= 4 is 17.5 Å². The van der Waals surface area contributed by atoms with Crippen molar-refractivity contribution in [1.29, 1.82) is 0 Å². The summed E-state index contributed by atoms with van der Waals surface area (Å²) in [7, 11) is 3.41. The fourth-order valence-corrected chi connectivity index (χ4v) is 3.76. The number of nitrogens with one attached hydrogen (secondary N) is 1. The summed E-state index contributed by atoms with van der Waals surface area (Å²) >= 11 is 6.15. The van der Waals surface area contributed by atoms with Gasteiger partial charge in [-0.3, -0.25) is 9.48 Å². The Morgan fingerprint density at radius 1 is 1.42 bits per heavy atom. The molecule has 0 unspecified atom stereocenters. The van der Waals surface area contributed by atoms with Crippen molar-refractivity contribution in [2.75, 3.05) is 7.11 Å². The first-order valence-electron chi connectivity index (χ1n) is 8.16. The lowest BCUT2D eigenvalue weighted by atomic mass is 9.78. The number of carbonyl (C=O) groups is 1. The lowest BCUT2D eigenvalue weighted by molar-refractivity contribution is -0.126. The topological polar surface area (TPSA) is 56.1 Å². The van der Waals surface area contributed by atoms with E-state index in [0.29, 0.717) is 17.4 Å². The van der Waals surface area contributed by atoms with E-state index in [4.69, 9.17) is 16.3 Å². The van der Waals surface area contributed by atoms with Crippen LogP contribution in [0.25, 0.3) is 0 Å². The van der Waals surface area contributed by atoms with Gasteiger partial charge >= 0.3 is 0 Å². The van der Waals surface area contributed by atoms with E-state index in [9.17, 15) is 4.79 Å². The molecule has 24 heavy (non-hydrogen) atoms. The number of rotatable bonds is 5. The normalized spacial score (nSPS) is 16.1. The lowest BCUT2D eigenvalue weighted by Crippen LogP contribution is -2.42. The molecule has 1 aromatic heterocycles. The number of halogens is 1. The molecule has 0 aliphatic heterocycles. The van der Waals surface area contributed by atoms with Gasteiger partial charge < -0.3 is 10.1 Å². The fourth-order valence-electron chi connectivity index (χ4n) is 3.57. The quantitative estimate of drug-likeness (QED) is 0.903. The first-order valence-corrected chi connectivity index (χ1v) is 8.54. The summed E-state index contributed by atoms with van der Waals surface area (Å²) < 4.78 is 6.93. The van der Waals surface area contributed by atoms with Crippen molar-refractivity contribution in [2.24, 2.45) is 7.05 Å². The van der Waals surface area contributed by atoms with E-state index in [-0.39, 0.29) is 5.91 Å². The highest BCUT2D eigenvalue weighted by atomic mass is 35.5. The Hall–Kier alpha value is -2.01. The monoisotopic (exact) mass is 347 g/mol. The Balaban J connectivity index is 1.80. The number of nitrogens with zero attached hydrogens (tertiary/aromatic N) is 2. The van der Waals surface area contributed by atoms with Crippen LogP contribution < -0.4 is 10.1 Å². The van der Waals surface area contributed by atoms with Crippen molar-refractivity contribution in [2.45, 2.75) is 37.6 Å². The molecule has 1 aliphatic carbocycles. The summed E-state index contributed by atoms with van der Waals surface area (Å²) in [6, 6.07) is 7.67. The highest BCUT2D eigenvalue weighted by Gasteiger charge is 2.42. The number of benzene rings is 1. The third kappa shape index (κ3) is 3.13. The molecule has 128 valence electrons. The van der Waals surface area contributed by atoms with Gasteiger partial charge in [-0.05, 0) is 30.5 Å². The molecule has 0 radical (unpaired) electrons. The molecule has 0 atom stereocenters. The van der Waals surface area contributed by atoms with Crippen LogP contribution in [0.3, 0.4) is 0 Å². The maximum Gasteiger partial charge on any atom is 0.237 e. The maximum absolute atomic E-state index is 13.0. The lowest BCUT2D eigenvalue weighted by Gasteiger charge is -2.28. The van der Waals surface area contributed by atoms with Crippen molar-refractivity contribution < 1.29 is 9.53 Å².